The molecule has 3 rings (SSSR count). The van der Waals surface area contributed by atoms with E-state index in [0.29, 0.717) is 6.10 Å². The van der Waals surface area contributed by atoms with Gasteiger partial charge in [0.1, 0.15) is 0 Å². The number of benzene rings is 1. The summed E-state index contributed by atoms with van der Waals surface area (Å²) in [6, 6.07) is 8.84. The lowest BCUT2D eigenvalue weighted by atomic mass is 9.72. The number of fused-ring (bicyclic) bond motifs is 1. The van der Waals surface area contributed by atoms with E-state index in [1.54, 1.807) is 0 Å². The first-order valence-corrected chi connectivity index (χ1v) is 7.32. The van der Waals surface area contributed by atoms with Gasteiger partial charge in [-0.1, -0.05) is 24.3 Å². The largest absolute Gasteiger partial charge is 0.381 e. The molecular weight excluding hydrogens is 236 g/mol. The Bertz CT molecular complexity index is 413. The Morgan fingerprint density at radius 1 is 1.21 bits per heavy atom. The number of ether oxygens (including phenoxy) is 1. The van der Waals surface area contributed by atoms with E-state index < -0.39 is 0 Å². The van der Waals surface area contributed by atoms with Crippen molar-refractivity contribution in [3.05, 3.63) is 35.4 Å². The molecule has 0 spiro atoms. The first-order valence-electron chi connectivity index (χ1n) is 7.32. The molecule has 2 N–H and O–H groups in total. The molecule has 1 saturated carbocycles. The summed E-state index contributed by atoms with van der Waals surface area (Å²) < 4.78 is 5.44. The lowest BCUT2D eigenvalue weighted by Gasteiger charge is -2.53. The Morgan fingerprint density at radius 2 is 1.79 bits per heavy atom. The number of hydrogen-bond donors (Lipinski definition) is 1. The predicted molar refractivity (Wildman–Crippen MR) is 77.2 cm³/mol. The third kappa shape index (κ3) is 2.31. The average Bonchev–Trinajstić information content (AvgIpc) is 2.62. The second-order valence-corrected chi connectivity index (χ2v) is 5.95. The molecule has 2 aliphatic rings. The molecule has 19 heavy (non-hydrogen) atoms. The van der Waals surface area contributed by atoms with Gasteiger partial charge in [0.25, 0.3) is 0 Å². The van der Waals surface area contributed by atoms with Gasteiger partial charge in [-0.05, 0) is 36.8 Å². The lowest BCUT2D eigenvalue weighted by Crippen LogP contribution is -2.64. The molecule has 0 aromatic heterocycles. The molecule has 1 aromatic carbocycles. The number of methoxy groups -OCH3 is 1. The number of nitrogens with two attached hydrogens (primary N) is 1. The van der Waals surface area contributed by atoms with Gasteiger partial charge in [0.15, 0.2) is 0 Å². The summed E-state index contributed by atoms with van der Waals surface area (Å²) in [7, 11) is 1.81. The van der Waals surface area contributed by atoms with Gasteiger partial charge in [0.05, 0.1) is 6.10 Å². The molecular formula is C16H24N2O. The lowest BCUT2D eigenvalue weighted by molar-refractivity contribution is -0.0859. The monoisotopic (exact) mass is 260 g/mol. The van der Waals surface area contributed by atoms with Gasteiger partial charge in [-0.25, -0.2) is 0 Å². The van der Waals surface area contributed by atoms with Gasteiger partial charge in [0, 0.05) is 32.3 Å². The number of rotatable bonds is 3. The summed E-state index contributed by atoms with van der Waals surface area (Å²) in [5.41, 5.74) is 9.30. The molecule has 104 valence electrons. The van der Waals surface area contributed by atoms with E-state index in [0.717, 1.165) is 45.3 Å². The minimum absolute atomic E-state index is 0.197. The van der Waals surface area contributed by atoms with Crippen LogP contribution in [0.5, 0.6) is 0 Å². The van der Waals surface area contributed by atoms with Crippen LogP contribution in [-0.4, -0.2) is 43.3 Å². The quantitative estimate of drug-likeness (QED) is 0.897. The van der Waals surface area contributed by atoms with Crippen molar-refractivity contribution in [3.8, 4) is 0 Å². The fourth-order valence-electron chi connectivity index (χ4n) is 3.65. The van der Waals surface area contributed by atoms with Crippen LogP contribution in [0.15, 0.2) is 24.3 Å². The minimum atomic E-state index is 0.197. The van der Waals surface area contributed by atoms with E-state index in [4.69, 9.17) is 10.5 Å². The highest BCUT2D eigenvalue weighted by Gasteiger charge is 2.47. The zero-order chi connectivity index (χ0) is 13.3. The van der Waals surface area contributed by atoms with Gasteiger partial charge >= 0.3 is 0 Å². The van der Waals surface area contributed by atoms with Gasteiger partial charge in [-0.2, -0.15) is 0 Å². The molecule has 1 fully saturated rings. The van der Waals surface area contributed by atoms with Crippen molar-refractivity contribution < 1.29 is 4.74 Å². The molecule has 0 unspecified atom stereocenters. The van der Waals surface area contributed by atoms with Crippen LogP contribution in [0.25, 0.3) is 0 Å². The third-order valence-electron chi connectivity index (χ3n) is 5.02. The van der Waals surface area contributed by atoms with Crippen LogP contribution in [0, 0.1) is 0 Å². The Kier molecular flexibility index (Phi) is 3.61. The molecule has 1 aliphatic heterocycles. The number of hydrogen-bond acceptors (Lipinski definition) is 3. The van der Waals surface area contributed by atoms with E-state index in [-0.39, 0.29) is 5.54 Å². The summed E-state index contributed by atoms with van der Waals surface area (Å²) >= 11 is 0. The SMILES string of the molecule is COC1CC(CN)(N2CCc3ccccc3CC2)C1. The van der Waals surface area contributed by atoms with Gasteiger partial charge in [-0.15, -0.1) is 0 Å². The van der Waals surface area contributed by atoms with E-state index in [2.05, 4.69) is 29.2 Å². The molecule has 0 amide bonds. The zero-order valence-electron chi connectivity index (χ0n) is 11.8. The smallest absolute Gasteiger partial charge is 0.0607 e. The molecule has 0 atom stereocenters. The summed E-state index contributed by atoms with van der Waals surface area (Å²) in [4.78, 5) is 2.61. The van der Waals surface area contributed by atoms with E-state index in [9.17, 15) is 0 Å². The topological polar surface area (TPSA) is 38.5 Å². The van der Waals surface area contributed by atoms with Crippen molar-refractivity contribution in [2.45, 2.75) is 37.3 Å². The molecule has 1 aromatic rings. The summed E-state index contributed by atoms with van der Waals surface area (Å²) in [6.07, 6.45) is 4.90. The van der Waals surface area contributed by atoms with E-state index >= 15 is 0 Å². The highest BCUT2D eigenvalue weighted by Crippen LogP contribution is 2.39. The van der Waals surface area contributed by atoms with Crippen molar-refractivity contribution >= 4 is 0 Å². The van der Waals surface area contributed by atoms with Crippen LogP contribution < -0.4 is 5.73 Å². The minimum Gasteiger partial charge on any atom is -0.381 e. The maximum Gasteiger partial charge on any atom is 0.0607 e. The molecule has 1 aliphatic carbocycles. The van der Waals surface area contributed by atoms with Crippen LogP contribution in [0.4, 0.5) is 0 Å². The van der Waals surface area contributed by atoms with Crippen LogP contribution in [0.2, 0.25) is 0 Å². The van der Waals surface area contributed by atoms with Crippen molar-refractivity contribution in [3.63, 3.8) is 0 Å². The Hall–Kier alpha value is -0.900. The Labute approximate surface area is 115 Å². The van der Waals surface area contributed by atoms with Crippen LogP contribution in [0.3, 0.4) is 0 Å². The summed E-state index contributed by atoms with van der Waals surface area (Å²) in [5, 5.41) is 0. The molecule has 0 saturated heterocycles. The third-order valence-corrected chi connectivity index (χ3v) is 5.02. The van der Waals surface area contributed by atoms with Crippen LogP contribution in [-0.2, 0) is 17.6 Å². The molecule has 1 heterocycles. The second-order valence-electron chi connectivity index (χ2n) is 5.95. The predicted octanol–water partition coefficient (Wildman–Crippen LogP) is 1.59. The first-order chi connectivity index (χ1) is 9.27. The van der Waals surface area contributed by atoms with Crippen LogP contribution in [0.1, 0.15) is 24.0 Å². The summed E-state index contributed by atoms with van der Waals surface area (Å²) in [6.45, 7) is 3.01. The standard InChI is InChI=1S/C16H24N2O/c1-19-15-10-16(11-15,12-17)18-8-6-13-4-2-3-5-14(13)7-9-18/h2-5,15H,6-12,17H2,1H3. The Morgan fingerprint density at radius 3 is 2.26 bits per heavy atom. The van der Waals surface area contributed by atoms with Crippen molar-refractivity contribution in [2.24, 2.45) is 5.73 Å². The first kappa shape index (κ1) is 13.1. The molecule has 3 heteroatoms. The molecule has 0 bridgehead atoms. The maximum atomic E-state index is 6.08. The van der Waals surface area contributed by atoms with Gasteiger partial charge in [-0.3, -0.25) is 4.90 Å². The van der Waals surface area contributed by atoms with Crippen molar-refractivity contribution in [2.75, 3.05) is 26.7 Å². The Balaban J connectivity index is 1.71. The van der Waals surface area contributed by atoms with Gasteiger partial charge in [0.2, 0.25) is 0 Å². The molecule has 0 radical (unpaired) electrons. The maximum absolute atomic E-state index is 6.08. The van der Waals surface area contributed by atoms with Crippen molar-refractivity contribution in [1.29, 1.82) is 0 Å². The fraction of sp³-hybridized carbons (Fsp3) is 0.625. The van der Waals surface area contributed by atoms with E-state index in [1.807, 2.05) is 7.11 Å². The number of nitrogens with zero attached hydrogens (tertiary/aromatic N) is 1. The molecule has 3 nitrogen and oxygen atoms in total. The normalized spacial score (nSPS) is 31.4. The summed E-state index contributed by atoms with van der Waals surface area (Å²) in [5.74, 6) is 0. The highest BCUT2D eigenvalue weighted by molar-refractivity contribution is 5.29. The fourth-order valence-corrected chi connectivity index (χ4v) is 3.65. The highest BCUT2D eigenvalue weighted by atomic mass is 16.5. The van der Waals surface area contributed by atoms with Crippen LogP contribution >= 0.6 is 0 Å². The van der Waals surface area contributed by atoms with Gasteiger partial charge < -0.3 is 10.5 Å². The average molecular weight is 260 g/mol. The second kappa shape index (κ2) is 5.23. The van der Waals surface area contributed by atoms with E-state index in [1.165, 1.54) is 11.1 Å². The zero-order valence-corrected chi connectivity index (χ0v) is 11.8. The van der Waals surface area contributed by atoms with Crippen molar-refractivity contribution in [1.82, 2.24) is 4.90 Å².